The molecule has 2 unspecified atom stereocenters. The van der Waals surface area contributed by atoms with Gasteiger partial charge in [-0.3, -0.25) is 0 Å². The Kier molecular flexibility index (Phi) is 5.74. The van der Waals surface area contributed by atoms with Gasteiger partial charge in [-0.2, -0.15) is 4.31 Å². The molecule has 2 heterocycles. The fourth-order valence-corrected chi connectivity index (χ4v) is 7.08. The molecule has 0 radical (unpaired) electrons. The second-order valence-electron chi connectivity index (χ2n) is 9.88. The lowest BCUT2D eigenvalue weighted by Crippen LogP contribution is -2.55. The lowest BCUT2D eigenvalue weighted by Gasteiger charge is -2.41. The van der Waals surface area contributed by atoms with Crippen LogP contribution in [0.3, 0.4) is 0 Å². The first-order valence-corrected chi connectivity index (χ1v) is 13.0. The largest absolute Gasteiger partial charge is 0.480 e. The lowest BCUT2D eigenvalue weighted by molar-refractivity contribution is 0.0201. The van der Waals surface area contributed by atoms with Crippen LogP contribution in [0.4, 0.5) is 4.39 Å². The maximum Gasteiger partial charge on any atom is 0.219 e. The van der Waals surface area contributed by atoms with Gasteiger partial charge in [-0.15, -0.1) is 0 Å². The highest BCUT2D eigenvalue weighted by Crippen LogP contribution is 2.53. The molecule has 2 aliphatic rings. The second kappa shape index (κ2) is 7.67. The van der Waals surface area contributed by atoms with E-state index in [9.17, 15) is 17.9 Å². The van der Waals surface area contributed by atoms with E-state index in [1.807, 2.05) is 30.3 Å². The number of nitrogens with zero attached hydrogens (tertiary/aromatic N) is 1. The molecule has 0 amide bonds. The molecule has 5 nitrogen and oxygen atoms in total. The second-order valence-corrected chi connectivity index (χ2v) is 13.7. The third kappa shape index (κ3) is 3.68. The highest BCUT2D eigenvalue weighted by Gasteiger charge is 2.60. The quantitative estimate of drug-likeness (QED) is 0.549. The highest BCUT2D eigenvalue weighted by atomic mass is 79.9. The average Bonchev–Trinajstić information content (AvgIpc) is 3.25. The molecule has 2 aromatic carbocycles. The number of halogens is 3. The third-order valence-electron chi connectivity index (χ3n) is 6.31. The van der Waals surface area contributed by atoms with Gasteiger partial charge in [0, 0.05) is 29.1 Å². The SMILES string of the molecule is CC1(O)CC([C@@]2(c3ccccc3)Cc3c(cc(F)c(Cl)c3Br)O2)N(S(=O)(=O)C(C)(C)C)C1. The summed E-state index contributed by atoms with van der Waals surface area (Å²) in [6.45, 7) is 6.49. The Hall–Kier alpha value is -1.19. The van der Waals surface area contributed by atoms with Crippen molar-refractivity contribution in [3.05, 3.63) is 62.8 Å². The molecule has 1 N–H and O–H groups in total. The van der Waals surface area contributed by atoms with Crippen LogP contribution in [0, 0.1) is 5.82 Å². The number of hydrogen-bond acceptors (Lipinski definition) is 4. The molecule has 174 valence electrons. The smallest absolute Gasteiger partial charge is 0.219 e. The summed E-state index contributed by atoms with van der Waals surface area (Å²) in [5.74, 6) is -0.319. The van der Waals surface area contributed by atoms with E-state index in [0.717, 1.165) is 5.56 Å². The minimum atomic E-state index is -3.81. The van der Waals surface area contributed by atoms with Crippen molar-refractivity contribution >= 4 is 37.6 Å². The van der Waals surface area contributed by atoms with Gasteiger partial charge in [0.25, 0.3) is 0 Å². The molecule has 9 heteroatoms. The molecule has 3 atom stereocenters. The van der Waals surface area contributed by atoms with Gasteiger partial charge in [0.1, 0.15) is 11.6 Å². The molecule has 32 heavy (non-hydrogen) atoms. The molecule has 0 spiro atoms. The topological polar surface area (TPSA) is 66.8 Å². The molecule has 0 aliphatic carbocycles. The summed E-state index contributed by atoms with van der Waals surface area (Å²) in [4.78, 5) is 0. The first-order chi connectivity index (χ1) is 14.7. The van der Waals surface area contributed by atoms with E-state index in [1.54, 1.807) is 27.7 Å². The van der Waals surface area contributed by atoms with Crippen molar-refractivity contribution in [3.63, 3.8) is 0 Å². The average molecular weight is 547 g/mol. The van der Waals surface area contributed by atoms with E-state index in [2.05, 4.69) is 15.9 Å². The summed E-state index contributed by atoms with van der Waals surface area (Å²) < 4.78 is 48.8. The number of ether oxygens (including phenoxy) is 1. The van der Waals surface area contributed by atoms with E-state index in [1.165, 1.54) is 10.4 Å². The first-order valence-electron chi connectivity index (χ1n) is 10.3. The first kappa shape index (κ1) is 24.0. The fourth-order valence-electron chi connectivity index (χ4n) is 4.65. The van der Waals surface area contributed by atoms with Crippen LogP contribution in [0.5, 0.6) is 5.75 Å². The number of aliphatic hydroxyl groups is 1. The van der Waals surface area contributed by atoms with Gasteiger partial charge in [-0.05, 0) is 55.6 Å². The van der Waals surface area contributed by atoms with E-state index >= 15 is 0 Å². The Morgan fingerprint density at radius 1 is 1.28 bits per heavy atom. The van der Waals surface area contributed by atoms with Crippen LogP contribution in [-0.4, -0.2) is 40.8 Å². The Balaban J connectivity index is 1.93. The van der Waals surface area contributed by atoms with Gasteiger partial charge in [0.15, 0.2) is 5.60 Å². The molecule has 4 rings (SSSR count). The summed E-state index contributed by atoms with van der Waals surface area (Å²) >= 11 is 9.53. The molecule has 0 bridgehead atoms. The Labute approximate surface area is 201 Å². The predicted octanol–water partition coefficient (Wildman–Crippen LogP) is 5.03. The van der Waals surface area contributed by atoms with Gasteiger partial charge in [-0.25, -0.2) is 12.8 Å². The normalized spacial score (nSPS) is 28.6. The van der Waals surface area contributed by atoms with Gasteiger partial charge in [0.2, 0.25) is 10.0 Å². The van der Waals surface area contributed by atoms with Crippen molar-refractivity contribution in [1.82, 2.24) is 4.31 Å². The van der Waals surface area contributed by atoms with Crippen LogP contribution in [0.1, 0.15) is 45.2 Å². The number of benzene rings is 2. The Bertz CT molecular complexity index is 1170. The van der Waals surface area contributed by atoms with E-state index < -0.39 is 37.8 Å². The molecule has 0 aromatic heterocycles. The third-order valence-corrected chi connectivity index (χ3v) is 10.3. The van der Waals surface area contributed by atoms with Gasteiger partial charge < -0.3 is 9.84 Å². The van der Waals surface area contributed by atoms with Crippen LogP contribution in [0.2, 0.25) is 5.02 Å². The number of rotatable bonds is 3. The summed E-state index contributed by atoms with van der Waals surface area (Å²) in [6.07, 6.45) is 0.433. The van der Waals surface area contributed by atoms with Crippen molar-refractivity contribution < 1.29 is 22.7 Å². The van der Waals surface area contributed by atoms with E-state index in [0.29, 0.717) is 15.8 Å². The van der Waals surface area contributed by atoms with Crippen LogP contribution in [0.25, 0.3) is 0 Å². The van der Waals surface area contributed by atoms with Gasteiger partial charge in [-0.1, -0.05) is 41.9 Å². The van der Waals surface area contributed by atoms with Crippen LogP contribution in [-0.2, 0) is 22.0 Å². The maximum atomic E-state index is 14.4. The van der Waals surface area contributed by atoms with E-state index in [-0.39, 0.29) is 24.4 Å². The van der Waals surface area contributed by atoms with Crippen molar-refractivity contribution in [2.75, 3.05) is 6.54 Å². The Morgan fingerprint density at radius 2 is 1.91 bits per heavy atom. The zero-order chi connectivity index (χ0) is 23.7. The van der Waals surface area contributed by atoms with Gasteiger partial charge in [0.05, 0.1) is 21.4 Å². The number of hydrogen-bond donors (Lipinski definition) is 1. The van der Waals surface area contributed by atoms with Crippen LogP contribution < -0.4 is 4.74 Å². The van der Waals surface area contributed by atoms with Crippen molar-refractivity contribution in [2.24, 2.45) is 0 Å². The van der Waals surface area contributed by atoms with Crippen LogP contribution in [0.15, 0.2) is 40.9 Å². The molecule has 1 saturated heterocycles. The summed E-state index contributed by atoms with van der Waals surface area (Å²) in [7, 11) is -3.81. The monoisotopic (exact) mass is 545 g/mol. The fraction of sp³-hybridized carbons (Fsp3) is 0.478. The number of sulfonamides is 1. The molecule has 2 aromatic rings. The number of β-amino-alcohol motifs (C(OH)–C–C–N with tert-alkyl or cyclic N) is 1. The summed E-state index contributed by atoms with van der Waals surface area (Å²) in [6, 6.07) is 9.82. The molecular formula is C23H26BrClFNO4S. The van der Waals surface area contributed by atoms with Crippen molar-refractivity contribution in [1.29, 1.82) is 0 Å². The van der Waals surface area contributed by atoms with Crippen molar-refractivity contribution in [2.45, 2.75) is 62.5 Å². The minimum Gasteiger partial charge on any atom is -0.480 e. The number of fused-ring (bicyclic) bond motifs is 1. The summed E-state index contributed by atoms with van der Waals surface area (Å²) in [5, 5.41) is 10.9. The van der Waals surface area contributed by atoms with Crippen LogP contribution >= 0.6 is 27.5 Å². The molecular weight excluding hydrogens is 521 g/mol. The maximum absolute atomic E-state index is 14.4. The zero-order valence-corrected chi connectivity index (χ0v) is 21.5. The Morgan fingerprint density at radius 3 is 2.50 bits per heavy atom. The minimum absolute atomic E-state index is 0.0474. The van der Waals surface area contributed by atoms with Crippen molar-refractivity contribution in [3.8, 4) is 5.75 Å². The van der Waals surface area contributed by atoms with E-state index in [4.69, 9.17) is 16.3 Å². The molecule has 2 aliphatic heterocycles. The molecule has 1 fully saturated rings. The predicted molar refractivity (Wildman–Crippen MR) is 126 cm³/mol. The molecule has 0 saturated carbocycles. The summed E-state index contributed by atoms with van der Waals surface area (Å²) in [5.41, 5.74) is -0.998. The lowest BCUT2D eigenvalue weighted by atomic mass is 9.80. The zero-order valence-electron chi connectivity index (χ0n) is 18.3. The van der Waals surface area contributed by atoms with Gasteiger partial charge >= 0.3 is 0 Å². The highest BCUT2D eigenvalue weighted by molar-refractivity contribution is 9.10. The standard InChI is InChI=1S/C23H26BrClFNO4S/c1-21(2,3)32(29,30)27-13-22(4,28)12-18(27)23(14-8-6-5-7-9-14)11-15-17(31-23)10-16(26)20(25)19(15)24/h5-10,18,28H,11-13H2,1-4H3/t18?,22?,23-/m0/s1.